The van der Waals surface area contributed by atoms with Crippen molar-refractivity contribution in [3.8, 4) is 0 Å². The lowest BCUT2D eigenvalue weighted by Gasteiger charge is -2.31. The Kier molecular flexibility index (Phi) is 5.61. The zero-order valence-corrected chi connectivity index (χ0v) is 17.3. The predicted molar refractivity (Wildman–Crippen MR) is 104 cm³/mol. The summed E-state index contributed by atoms with van der Waals surface area (Å²) in [7, 11) is 0. The summed E-state index contributed by atoms with van der Waals surface area (Å²) < 4.78 is 6.56. The fraction of sp³-hybridized carbons (Fsp3) is 0.600. The molecule has 0 saturated carbocycles. The maximum atomic E-state index is 13.1. The van der Waals surface area contributed by atoms with E-state index in [1.807, 2.05) is 25.7 Å². The number of carbonyl (C=O) groups excluding carboxylic acids is 2. The number of fused-ring (bicyclic) bond motifs is 1. The highest BCUT2D eigenvalue weighted by molar-refractivity contribution is 9.10. The molecule has 0 aliphatic carbocycles. The second-order valence-electron chi connectivity index (χ2n) is 8.07. The van der Waals surface area contributed by atoms with Gasteiger partial charge in [0, 0.05) is 24.1 Å². The predicted octanol–water partition coefficient (Wildman–Crippen LogP) is 3.78. The van der Waals surface area contributed by atoms with E-state index >= 15 is 0 Å². The smallest absolute Gasteiger partial charge is 0.410 e. The zero-order valence-electron chi connectivity index (χ0n) is 15.8. The first-order valence-electron chi connectivity index (χ1n) is 9.30. The molecule has 6 heteroatoms. The molecule has 1 fully saturated rings. The summed E-state index contributed by atoms with van der Waals surface area (Å²) in [5.74, 6) is 0.0558. The zero-order chi connectivity index (χ0) is 18.9. The number of hydrogen-bond donors (Lipinski definition) is 0. The summed E-state index contributed by atoms with van der Waals surface area (Å²) in [4.78, 5) is 29.1. The monoisotopic (exact) mass is 422 g/mol. The standard InChI is InChI=1S/C20H27BrN2O3/c1-20(2,3)26-19(25)23-10-4-5-17(23)18(24)22-11-8-14-6-7-16(21)13-15(14)9-12-22/h6-7,13,17H,4-5,8-12H2,1-3H3/t17-/m0/s1. The molecule has 1 saturated heterocycles. The second kappa shape index (κ2) is 7.59. The Morgan fingerprint density at radius 3 is 2.50 bits per heavy atom. The molecule has 142 valence electrons. The lowest BCUT2D eigenvalue weighted by Crippen LogP contribution is -2.49. The van der Waals surface area contributed by atoms with Gasteiger partial charge in [-0.05, 0) is 69.7 Å². The van der Waals surface area contributed by atoms with Gasteiger partial charge < -0.3 is 9.64 Å². The third kappa shape index (κ3) is 4.40. The van der Waals surface area contributed by atoms with Crippen molar-refractivity contribution in [1.82, 2.24) is 9.80 Å². The summed E-state index contributed by atoms with van der Waals surface area (Å²) in [5, 5.41) is 0. The first-order valence-corrected chi connectivity index (χ1v) is 10.1. The molecule has 0 radical (unpaired) electrons. The highest BCUT2D eigenvalue weighted by atomic mass is 79.9. The van der Waals surface area contributed by atoms with Crippen molar-refractivity contribution in [3.05, 3.63) is 33.8 Å². The van der Waals surface area contributed by atoms with Crippen molar-refractivity contribution < 1.29 is 14.3 Å². The van der Waals surface area contributed by atoms with Gasteiger partial charge in [0.15, 0.2) is 0 Å². The third-order valence-electron chi connectivity index (χ3n) is 4.95. The van der Waals surface area contributed by atoms with E-state index in [4.69, 9.17) is 4.74 Å². The number of hydrogen-bond acceptors (Lipinski definition) is 3. The molecule has 1 aromatic rings. The van der Waals surface area contributed by atoms with Gasteiger partial charge in [-0.3, -0.25) is 9.69 Å². The number of likely N-dealkylation sites (tertiary alicyclic amines) is 1. The summed E-state index contributed by atoms with van der Waals surface area (Å²) in [5.41, 5.74) is 2.05. The molecule has 2 amide bonds. The molecular formula is C20H27BrN2O3. The number of carbonyl (C=O) groups is 2. The van der Waals surface area contributed by atoms with Crippen molar-refractivity contribution >= 4 is 27.9 Å². The van der Waals surface area contributed by atoms with Gasteiger partial charge in [-0.15, -0.1) is 0 Å². The Hall–Kier alpha value is -1.56. The van der Waals surface area contributed by atoms with E-state index in [0.717, 1.165) is 23.7 Å². The summed E-state index contributed by atoms with van der Waals surface area (Å²) >= 11 is 3.52. The van der Waals surface area contributed by atoms with Gasteiger partial charge in [-0.1, -0.05) is 22.0 Å². The fourth-order valence-electron chi connectivity index (χ4n) is 3.69. The number of amides is 2. The number of nitrogens with zero attached hydrogens (tertiary/aromatic N) is 2. The Labute approximate surface area is 163 Å². The Balaban J connectivity index is 1.68. The molecule has 5 nitrogen and oxygen atoms in total. The van der Waals surface area contributed by atoms with E-state index in [1.54, 1.807) is 4.90 Å². The SMILES string of the molecule is CC(C)(C)OC(=O)N1CCC[C@H]1C(=O)N1CCc2ccc(Br)cc2CC1. The molecule has 0 N–H and O–H groups in total. The van der Waals surface area contributed by atoms with E-state index in [2.05, 4.69) is 34.1 Å². The molecule has 0 aromatic heterocycles. The highest BCUT2D eigenvalue weighted by Crippen LogP contribution is 2.25. The minimum absolute atomic E-state index is 0.0558. The van der Waals surface area contributed by atoms with E-state index in [0.29, 0.717) is 26.1 Å². The highest BCUT2D eigenvalue weighted by Gasteiger charge is 2.38. The van der Waals surface area contributed by atoms with Crippen molar-refractivity contribution in [1.29, 1.82) is 0 Å². The molecule has 1 atom stereocenters. The molecule has 3 rings (SSSR count). The van der Waals surface area contributed by atoms with E-state index < -0.39 is 11.6 Å². The average Bonchev–Trinajstić information content (AvgIpc) is 2.95. The van der Waals surface area contributed by atoms with Crippen molar-refractivity contribution in [2.45, 2.75) is 58.1 Å². The number of rotatable bonds is 1. The summed E-state index contributed by atoms with van der Waals surface area (Å²) in [6.45, 7) is 7.53. The second-order valence-corrected chi connectivity index (χ2v) is 8.99. The average molecular weight is 423 g/mol. The van der Waals surface area contributed by atoms with Gasteiger partial charge in [0.05, 0.1) is 0 Å². The first kappa shape index (κ1) is 19.2. The normalized spacial score (nSPS) is 20.5. The van der Waals surface area contributed by atoms with Crippen LogP contribution in [0, 0.1) is 0 Å². The van der Waals surface area contributed by atoms with Crippen LogP contribution < -0.4 is 0 Å². The molecule has 0 unspecified atom stereocenters. The largest absolute Gasteiger partial charge is 0.444 e. The van der Waals surface area contributed by atoms with Crippen LogP contribution in [0.4, 0.5) is 4.79 Å². The lowest BCUT2D eigenvalue weighted by molar-refractivity contribution is -0.135. The molecule has 26 heavy (non-hydrogen) atoms. The summed E-state index contributed by atoms with van der Waals surface area (Å²) in [6, 6.07) is 5.94. The molecule has 0 bridgehead atoms. The first-order chi connectivity index (χ1) is 12.2. The van der Waals surface area contributed by atoms with E-state index in [1.165, 1.54) is 11.1 Å². The van der Waals surface area contributed by atoms with Crippen LogP contribution in [0.1, 0.15) is 44.7 Å². The van der Waals surface area contributed by atoms with Crippen LogP contribution in [0.25, 0.3) is 0 Å². The van der Waals surface area contributed by atoms with E-state index in [-0.39, 0.29) is 12.0 Å². The molecule has 0 spiro atoms. The van der Waals surface area contributed by atoms with Crippen LogP contribution in [0.3, 0.4) is 0 Å². The van der Waals surface area contributed by atoms with Crippen molar-refractivity contribution in [2.75, 3.05) is 19.6 Å². The van der Waals surface area contributed by atoms with Crippen LogP contribution in [0.5, 0.6) is 0 Å². The van der Waals surface area contributed by atoms with Gasteiger partial charge in [0.1, 0.15) is 11.6 Å². The Morgan fingerprint density at radius 2 is 1.81 bits per heavy atom. The molecule has 2 aliphatic heterocycles. The van der Waals surface area contributed by atoms with Gasteiger partial charge in [-0.25, -0.2) is 4.79 Å². The van der Waals surface area contributed by atoms with Crippen molar-refractivity contribution in [3.63, 3.8) is 0 Å². The Morgan fingerprint density at radius 1 is 1.12 bits per heavy atom. The number of halogens is 1. The van der Waals surface area contributed by atoms with Gasteiger partial charge >= 0.3 is 6.09 Å². The quantitative estimate of drug-likeness (QED) is 0.691. The minimum Gasteiger partial charge on any atom is -0.444 e. The van der Waals surface area contributed by atoms with Crippen LogP contribution in [-0.4, -0.2) is 53.1 Å². The molecule has 2 heterocycles. The number of ether oxygens (including phenoxy) is 1. The molecule has 1 aromatic carbocycles. The van der Waals surface area contributed by atoms with Crippen LogP contribution >= 0.6 is 15.9 Å². The lowest BCUT2D eigenvalue weighted by atomic mass is 10.0. The van der Waals surface area contributed by atoms with Gasteiger partial charge in [0.2, 0.25) is 5.91 Å². The maximum absolute atomic E-state index is 13.1. The van der Waals surface area contributed by atoms with Crippen LogP contribution in [-0.2, 0) is 22.4 Å². The number of benzene rings is 1. The Bertz CT molecular complexity index is 699. The van der Waals surface area contributed by atoms with Gasteiger partial charge in [0.25, 0.3) is 0 Å². The van der Waals surface area contributed by atoms with E-state index in [9.17, 15) is 9.59 Å². The van der Waals surface area contributed by atoms with Gasteiger partial charge in [-0.2, -0.15) is 0 Å². The summed E-state index contributed by atoms with van der Waals surface area (Å²) in [6.07, 6.45) is 2.88. The maximum Gasteiger partial charge on any atom is 0.410 e. The van der Waals surface area contributed by atoms with Crippen LogP contribution in [0.15, 0.2) is 22.7 Å². The van der Waals surface area contributed by atoms with Crippen LogP contribution in [0.2, 0.25) is 0 Å². The molecular weight excluding hydrogens is 396 g/mol. The van der Waals surface area contributed by atoms with Crippen molar-refractivity contribution in [2.24, 2.45) is 0 Å². The fourth-order valence-corrected chi connectivity index (χ4v) is 4.10. The topological polar surface area (TPSA) is 49.9 Å². The molecule has 2 aliphatic rings. The minimum atomic E-state index is -0.551. The third-order valence-corrected chi connectivity index (χ3v) is 5.44.